The molecule has 1 fully saturated rings. The van der Waals surface area contributed by atoms with E-state index in [0.717, 1.165) is 12.8 Å². The number of fused-ring (bicyclic) bond motifs is 1. The number of imidazole rings is 1. The summed E-state index contributed by atoms with van der Waals surface area (Å²) in [7, 11) is -1.95. The highest BCUT2D eigenvalue weighted by Gasteiger charge is 2.38. The van der Waals surface area contributed by atoms with E-state index in [1.807, 2.05) is 11.6 Å². The number of benzene rings is 1. The number of hydrogen-bond acceptors (Lipinski definition) is 5. The first-order valence-corrected chi connectivity index (χ1v) is 9.46. The molecule has 0 bridgehead atoms. The monoisotopic (exact) mass is 362 g/mol. The number of aryl methyl sites for hydroxylation is 2. The third-order valence-electron chi connectivity index (χ3n) is 4.52. The molecule has 2 N–H and O–H groups in total. The van der Waals surface area contributed by atoms with E-state index >= 15 is 0 Å². The summed E-state index contributed by atoms with van der Waals surface area (Å²) >= 11 is 0. The first-order chi connectivity index (χ1) is 11.8. The Morgan fingerprint density at radius 2 is 2.16 bits per heavy atom. The van der Waals surface area contributed by atoms with Gasteiger partial charge in [-0.05, 0) is 37.3 Å². The van der Waals surface area contributed by atoms with Gasteiger partial charge in [0.2, 0.25) is 10.0 Å². The molecule has 0 aliphatic heterocycles. The Morgan fingerprint density at radius 1 is 1.40 bits per heavy atom. The number of aromatic nitrogens is 3. The number of hydrogen-bond donors (Lipinski definition) is 2. The largest absolute Gasteiger partial charge is 0.417 e. The normalized spacial score (nSPS) is 16.4. The van der Waals surface area contributed by atoms with Gasteiger partial charge in [-0.1, -0.05) is 0 Å². The molecule has 0 amide bonds. The number of nitrogens with one attached hydrogen (secondary N) is 2. The molecule has 3 aromatic rings. The molecule has 132 valence electrons. The van der Waals surface area contributed by atoms with Crippen LogP contribution < -0.4 is 10.5 Å². The van der Waals surface area contributed by atoms with Gasteiger partial charge < -0.3 is 8.98 Å². The molecule has 8 nitrogen and oxygen atoms in total. The number of nitrogens with zero attached hydrogens (tertiary/aromatic N) is 2. The van der Waals surface area contributed by atoms with Crippen molar-refractivity contribution < 1.29 is 12.8 Å². The van der Waals surface area contributed by atoms with Crippen LogP contribution in [0.1, 0.15) is 30.3 Å². The fourth-order valence-corrected chi connectivity index (χ4v) is 4.58. The second-order valence-electron chi connectivity index (χ2n) is 6.46. The van der Waals surface area contributed by atoms with Crippen LogP contribution in [0.5, 0.6) is 0 Å². The Kier molecular flexibility index (Phi) is 3.58. The predicted molar refractivity (Wildman–Crippen MR) is 90.6 cm³/mol. The standard InChI is InChI=1S/C16H18N4O4S/c1-9-7-11-12(24-16(21)18-11)8-13(9)25(22,23)19-14(10-3-4-10)15-17-5-6-20(15)2/h5-8,10,14,19H,3-4H2,1-2H3,(H,18,21). The molecule has 1 saturated carbocycles. The zero-order valence-electron chi connectivity index (χ0n) is 13.8. The van der Waals surface area contributed by atoms with Crippen LogP contribution in [-0.2, 0) is 17.1 Å². The summed E-state index contributed by atoms with van der Waals surface area (Å²) in [6.45, 7) is 1.69. The van der Waals surface area contributed by atoms with Crippen LogP contribution in [0.15, 0.2) is 38.6 Å². The van der Waals surface area contributed by atoms with E-state index in [1.54, 1.807) is 25.4 Å². The van der Waals surface area contributed by atoms with Gasteiger partial charge in [0.15, 0.2) is 5.58 Å². The van der Waals surface area contributed by atoms with E-state index in [4.69, 9.17) is 4.42 Å². The zero-order chi connectivity index (χ0) is 17.8. The van der Waals surface area contributed by atoms with E-state index < -0.39 is 15.8 Å². The molecule has 0 radical (unpaired) electrons. The molecule has 2 aromatic heterocycles. The van der Waals surface area contributed by atoms with Crippen molar-refractivity contribution in [3.8, 4) is 0 Å². The van der Waals surface area contributed by atoms with Crippen molar-refractivity contribution >= 4 is 21.1 Å². The summed E-state index contributed by atoms with van der Waals surface area (Å²) in [5.74, 6) is 0.323. The molecule has 0 saturated heterocycles. The number of aromatic amines is 1. The minimum atomic E-state index is -3.80. The van der Waals surface area contributed by atoms with Gasteiger partial charge in [0.05, 0.1) is 16.5 Å². The third kappa shape index (κ3) is 2.89. The van der Waals surface area contributed by atoms with Gasteiger partial charge >= 0.3 is 5.76 Å². The van der Waals surface area contributed by atoms with E-state index in [2.05, 4.69) is 14.7 Å². The predicted octanol–water partition coefficient (Wildman–Crippen LogP) is 1.59. The van der Waals surface area contributed by atoms with Crippen LogP contribution in [0.2, 0.25) is 0 Å². The quantitative estimate of drug-likeness (QED) is 0.716. The number of oxazole rings is 1. The summed E-state index contributed by atoms with van der Waals surface area (Å²) < 4.78 is 35.6. The fourth-order valence-electron chi connectivity index (χ4n) is 3.07. The minimum Gasteiger partial charge on any atom is -0.408 e. The van der Waals surface area contributed by atoms with Crippen LogP contribution in [0.3, 0.4) is 0 Å². The van der Waals surface area contributed by atoms with Crippen molar-refractivity contribution in [2.24, 2.45) is 13.0 Å². The fraction of sp³-hybridized carbons (Fsp3) is 0.375. The summed E-state index contributed by atoms with van der Waals surface area (Å²) in [6.07, 6.45) is 5.38. The molecule has 2 heterocycles. The van der Waals surface area contributed by atoms with Crippen molar-refractivity contribution in [3.05, 3.63) is 46.5 Å². The number of sulfonamides is 1. The smallest absolute Gasteiger partial charge is 0.408 e. The Morgan fingerprint density at radius 3 is 2.80 bits per heavy atom. The summed E-state index contributed by atoms with van der Waals surface area (Å²) in [5, 5.41) is 0. The molecule has 25 heavy (non-hydrogen) atoms. The van der Waals surface area contributed by atoms with Crippen LogP contribution >= 0.6 is 0 Å². The molecule has 1 aromatic carbocycles. The van der Waals surface area contributed by atoms with Crippen LogP contribution in [0.25, 0.3) is 11.1 Å². The molecular weight excluding hydrogens is 344 g/mol. The lowest BCUT2D eigenvalue weighted by Gasteiger charge is -2.19. The van der Waals surface area contributed by atoms with Crippen molar-refractivity contribution in [1.82, 2.24) is 19.3 Å². The van der Waals surface area contributed by atoms with Gasteiger partial charge in [-0.2, -0.15) is 0 Å². The highest BCUT2D eigenvalue weighted by Crippen LogP contribution is 2.41. The van der Waals surface area contributed by atoms with Crippen molar-refractivity contribution in [1.29, 1.82) is 0 Å². The molecule has 1 atom stereocenters. The highest BCUT2D eigenvalue weighted by atomic mass is 32.2. The van der Waals surface area contributed by atoms with Gasteiger partial charge in [-0.25, -0.2) is 22.9 Å². The van der Waals surface area contributed by atoms with Crippen molar-refractivity contribution in [2.45, 2.75) is 30.7 Å². The molecule has 1 aliphatic carbocycles. The lowest BCUT2D eigenvalue weighted by atomic mass is 10.2. The maximum atomic E-state index is 13.0. The zero-order valence-corrected chi connectivity index (χ0v) is 14.6. The van der Waals surface area contributed by atoms with Crippen LogP contribution in [-0.4, -0.2) is 23.0 Å². The average molecular weight is 362 g/mol. The first-order valence-electron chi connectivity index (χ1n) is 7.98. The molecule has 9 heteroatoms. The van der Waals surface area contributed by atoms with E-state index in [-0.39, 0.29) is 22.4 Å². The Bertz CT molecular complexity index is 1100. The Balaban J connectivity index is 1.75. The van der Waals surface area contributed by atoms with Crippen LogP contribution in [0.4, 0.5) is 0 Å². The maximum Gasteiger partial charge on any atom is 0.417 e. The lowest BCUT2D eigenvalue weighted by molar-refractivity contribution is 0.499. The average Bonchev–Trinajstić information content (AvgIpc) is 3.19. The summed E-state index contributed by atoms with van der Waals surface area (Å²) in [5.41, 5.74) is 1.23. The van der Waals surface area contributed by atoms with Gasteiger partial charge in [0.25, 0.3) is 0 Å². The maximum absolute atomic E-state index is 13.0. The summed E-state index contributed by atoms with van der Waals surface area (Å²) in [6, 6.07) is 2.60. The molecular formula is C16H18N4O4S. The number of H-pyrrole nitrogens is 1. The van der Waals surface area contributed by atoms with E-state index in [1.165, 1.54) is 6.07 Å². The lowest BCUT2D eigenvalue weighted by Crippen LogP contribution is -2.32. The van der Waals surface area contributed by atoms with Gasteiger partial charge in [-0.15, -0.1) is 0 Å². The molecule has 4 rings (SSSR count). The van der Waals surface area contributed by atoms with E-state index in [9.17, 15) is 13.2 Å². The Labute approximate surface area is 143 Å². The second-order valence-corrected chi connectivity index (χ2v) is 8.14. The van der Waals surface area contributed by atoms with Gasteiger partial charge in [-0.3, -0.25) is 4.98 Å². The number of rotatable bonds is 5. The molecule has 1 aliphatic rings. The SMILES string of the molecule is Cc1cc2[nH]c(=O)oc2cc1S(=O)(=O)NC(c1nccn1C)C1CC1. The van der Waals surface area contributed by atoms with Crippen molar-refractivity contribution in [2.75, 3.05) is 0 Å². The third-order valence-corrected chi connectivity index (χ3v) is 6.10. The second kappa shape index (κ2) is 5.57. The molecule has 0 spiro atoms. The molecule has 1 unspecified atom stereocenters. The highest BCUT2D eigenvalue weighted by molar-refractivity contribution is 7.89. The van der Waals surface area contributed by atoms with Crippen LogP contribution in [0, 0.1) is 12.8 Å². The summed E-state index contributed by atoms with van der Waals surface area (Å²) in [4.78, 5) is 18.3. The minimum absolute atomic E-state index is 0.0996. The van der Waals surface area contributed by atoms with E-state index in [0.29, 0.717) is 16.9 Å². The van der Waals surface area contributed by atoms with Gasteiger partial charge in [0, 0.05) is 25.5 Å². The topological polar surface area (TPSA) is 110 Å². The first kappa shape index (κ1) is 16.1. The van der Waals surface area contributed by atoms with Gasteiger partial charge in [0.1, 0.15) is 5.82 Å². The van der Waals surface area contributed by atoms with Crippen molar-refractivity contribution in [3.63, 3.8) is 0 Å². The Hall–Kier alpha value is -2.39.